The van der Waals surface area contributed by atoms with Crippen LogP contribution in [0.3, 0.4) is 0 Å². The molecule has 0 aliphatic carbocycles. The van der Waals surface area contributed by atoms with Crippen molar-refractivity contribution in [3.8, 4) is 0 Å². The molecule has 0 N–H and O–H groups in total. The maximum atomic E-state index is 11.9. The fourth-order valence-corrected chi connectivity index (χ4v) is 3.02. The van der Waals surface area contributed by atoms with Gasteiger partial charge in [-0.2, -0.15) is 0 Å². The van der Waals surface area contributed by atoms with Gasteiger partial charge in [0.2, 0.25) is 3.79 Å². The van der Waals surface area contributed by atoms with Crippen LogP contribution in [0.5, 0.6) is 0 Å². The Morgan fingerprint density at radius 3 is 2.48 bits per heavy atom. The quantitative estimate of drug-likeness (QED) is 0.495. The first kappa shape index (κ1) is 20.4. The number of hydrogen-bond acceptors (Lipinski definition) is 5. The summed E-state index contributed by atoms with van der Waals surface area (Å²) in [6, 6.07) is 7.48. The van der Waals surface area contributed by atoms with E-state index in [1.807, 2.05) is 24.3 Å². The molecule has 2 unspecified atom stereocenters. The second kappa shape index (κ2) is 8.66. The van der Waals surface area contributed by atoms with Gasteiger partial charge in [-0.25, -0.2) is 4.79 Å². The Bertz CT molecular complexity index is 623. The summed E-state index contributed by atoms with van der Waals surface area (Å²) in [5.74, 6) is -0.191. The molecule has 1 aliphatic rings. The van der Waals surface area contributed by atoms with Crippen molar-refractivity contribution < 1.29 is 24.2 Å². The van der Waals surface area contributed by atoms with E-state index >= 15 is 0 Å². The standard InChI is InChI=1S/C15H15BrCl3NO5/c16-10-3-1-9(2-4-10)11-5-6-20(13(21)22)7-12(11)25-14(23)24-8-15(17,18)19/h1-4,11-12H,5-8H2,(H,21,22)/p-1. The Morgan fingerprint density at radius 1 is 1.28 bits per heavy atom. The van der Waals surface area contributed by atoms with E-state index in [1.54, 1.807) is 0 Å². The van der Waals surface area contributed by atoms with Gasteiger partial charge in [0, 0.05) is 16.9 Å². The van der Waals surface area contributed by atoms with Gasteiger partial charge in [0.1, 0.15) is 18.8 Å². The van der Waals surface area contributed by atoms with Crippen molar-refractivity contribution in [3.63, 3.8) is 0 Å². The number of rotatable bonds is 3. The molecule has 25 heavy (non-hydrogen) atoms. The molecule has 1 aromatic carbocycles. The number of carbonyl (C=O) groups excluding carboxylic acids is 2. The summed E-state index contributed by atoms with van der Waals surface area (Å²) in [5.41, 5.74) is 0.917. The highest BCUT2D eigenvalue weighted by molar-refractivity contribution is 9.10. The molecule has 1 saturated heterocycles. The van der Waals surface area contributed by atoms with Gasteiger partial charge in [-0.1, -0.05) is 62.9 Å². The fraction of sp³-hybridized carbons (Fsp3) is 0.467. The molecule has 2 rings (SSSR count). The largest absolute Gasteiger partial charge is 0.530 e. The minimum atomic E-state index is -1.76. The van der Waals surface area contributed by atoms with E-state index in [2.05, 4.69) is 15.9 Å². The van der Waals surface area contributed by atoms with Crippen molar-refractivity contribution in [2.75, 3.05) is 19.7 Å². The van der Waals surface area contributed by atoms with Crippen LogP contribution < -0.4 is 5.11 Å². The normalized spacial score (nSPS) is 20.9. The lowest BCUT2D eigenvalue weighted by Crippen LogP contribution is -2.51. The van der Waals surface area contributed by atoms with E-state index in [9.17, 15) is 14.7 Å². The second-order valence-electron chi connectivity index (χ2n) is 5.47. The van der Waals surface area contributed by atoms with Gasteiger partial charge in [0.15, 0.2) is 0 Å². The molecular formula is C15H14BrCl3NO5-. The van der Waals surface area contributed by atoms with Gasteiger partial charge in [-0.3, -0.25) is 0 Å². The predicted molar refractivity (Wildman–Crippen MR) is 95.0 cm³/mol. The van der Waals surface area contributed by atoms with Crippen molar-refractivity contribution in [2.24, 2.45) is 0 Å². The summed E-state index contributed by atoms with van der Waals surface area (Å²) in [6.45, 7) is -0.214. The highest BCUT2D eigenvalue weighted by atomic mass is 79.9. The van der Waals surface area contributed by atoms with Crippen molar-refractivity contribution in [1.82, 2.24) is 4.90 Å². The first-order valence-corrected chi connectivity index (χ1v) is 9.20. The van der Waals surface area contributed by atoms with E-state index < -0.39 is 28.8 Å². The van der Waals surface area contributed by atoms with Crippen molar-refractivity contribution in [3.05, 3.63) is 34.3 Å². The van der Waals surface area contributed by atoms with E-state index in [4.69, 9.17) is 44.3 Å². The van der Waals surface area contributed by atoms with Crippen molar-refractivity contribution in [1.29, 1.82) is 0 Å². The van der Waals surface area contributed by atoms with Crippen LogP contribution >= 0.6 is 50.7 Å². The zero-order valence-corrected chi connectivity index (χ0v) is 16.6. The molecule has 1 heterocycles. The van der Waals surface area contributed by atoms with Crippen LogP contribution in [-0.4, -0.2) is 46.7 Å². The number of benzene rings is 1. The zero-order chi connectivity index (χ0) is 18.6. The van der Waals surface area contributed by atoms with Crippen LogP contribution in [0.25, 0.3) is 0 Å². The third-order valence-electron chi connectivity index (χ3n) is 3.72. The number of nitrogens with zero attached hydrogens (tertiary/aromatic N) is 1. The number of halogens is 4. The van der Waals surface area contributed by atoms with Crippen LogP contribution in [0.4, 0.5) is 9.59 Å². The van der Waals surface area contributed by atoms with Crippen LogP contribution in [0.15, 0.2) is 28.7 Å². The molecule has 6 nitrogen and oxygen atoms in total. The number of likely N-dealkylation sites (tertiary alicyclic amines) is 1. The third kappa shape index (κ3) is 6.40. The van der Waals surface area contributed by atoms with Gasteiger partial charge in [-0.15, -0.1) is 0 Å². The van der Waals surface area contributed by atoms with Gasteiger partial charge < -0.3 is 24.3 Å². The lowest BCUT2D eigenvalue weighted by molar-refractivity contribution is -0.268. The highest BCUT2D eigenvalue weighted by Crippen LogP contribution is 2.32. The van der Waals surface area contributed by atoms with E-state index in [-0.39, 0.29) is 19.0 Å². The monoisotopic (exact) mass is 472 g/mol. The average Bonchev–Trinajstić information content (AvgIpc) is 2.53. The predicted octanol–water partition coefficient (Wildman–Crippen LogP) is 3.47. The van der Waals surface area contributed by atoms with Crippen LogP contribution in [0.2, 0.25) is 0 Å². The number of alkyl halides is 3. The highest BCUT2D eigenvalue weighted by Gasteiger charge is 2.34. The Kier molecular flexibility index (Phi) is 7.08. The second-order valence-corrected chi connectivity index (χ2v) is 8.90. The van der Waals surface area contributed by atoms with E-state index in [0.29, 0.717) is 6.42 Å². The van der Waals surface area contributed by atoms with Gasteiger partial charge in [0.05, 0.1) is 6.54 Å². The molecule has 10 heteroatoms. The summed E-state index contributed by atoms with van der Waals surface area (Å²) in [6.07, 6.45) is -2.62. The molecule has 1 aliphatic heterocycles. The lowest BCUT2D eigenvalue weighted by Gasteiger charge is -2.39. The van der Waals surface area contributed by atoms with Crippen molar-refractivity contribution in [2.45, 2.75) is 22.2 Å². The first-order valence-electron chi connectivity index (χ1n) is 7.27. The third-order valence-corrected chi connectivity index (χ3v) is 4.57. The maximum Gasteiger partial charge on any atom is 0.508 e. The molecule has 0 radical (unpaired) electrons. The molecule has 138 valence electrons. The molecule has 1 amide bonds. The first-order chi connectivity index (χ1) is 11.7. The number of hydrogen-bond donors (Lipinski definition) is 0. The van der Waals surface area contributed by atoms with Crippen LogP contribution in [0, 0.1) is 0 Å². The smallest absolute Gasteiger partial charge is 0.508 e. The zero-order valence-electron chi connectivity index (χ0n) is 12.8. The number of piperidine rings is 1. The van der Waals surface area contributed by atoms with Crippen molar-refractivity contribution >= 4 is 63.0 Å². The molecule has 1 aromatic rings. The topological polar surface area (TPSA) is 78.9 Å². The van der Waals surface area contributed by atoms with Gasteiger partial charge in [0.25, 0.3) is 0 Å². The Labute approximate surface area is 168 Å². The molecular weight excluding hydrogens is 460 g/mol. The van der Waals surface area contributed by atoms with Crippen LogP contribution in [-0.2, 0) is 9.47 Å². The van der Waals surface area contributed by atoms with Gasteiger partial charge in [-0.05, 0) is 24.1 Å². The Morgan fingerprint density at radius 2 is 1.92 bits per heavy atom. The Balaban J connectivity index is 2.10. The van der Waals surface area contributed by atoms with Crippen LogP contribution in [0.1, 0.15) is 17.9 Å². The molecule has 0 aromatic heterocycles. The number of amides is 1. The van der Waals surface area contributed by atoms with Gasteiger partial charge >= 0.3 is 6.16 Å². The number of ether oxygens (including phenoxy) is 2. The number of carbonyl (C=O) groups is 2. The van der Waals surface area contributed by atoms with E-state index in [1.165, 1.54) is 0 Å². The molecule has 0 bridgehead atoms. The lowest BCUT2D eigenvalue weighted by atomic mass is 9.87. The average molecular weight is 475 g/mol. The molecule has 2 atom stereocenters. The maximum absolute atomic E-state index is 11.9. The Hall–Kier alpha value is -0.890. The number of carboxylic acid groups (broad SMARTS) is 1. The minimum Gasteiger partial charge on any atom is -0.530 e. The SMILES string of the molecule is O=C(OCC(Cl)(Cl)Cl)OC1CN(C(=O)[O-])CCC1c1ccc(Br)cc1. The fourth-order valence-electron chi connectivity index (χ4n) is 2.59. The summed E-state index contributed by atoms with van der Waals surface area (Å²) in [7, 11) is 0. The summed E-state index contributed by atoms with van der Waals surface area (Å²) < 4.78 is 9.19. The minimum absolute atomic E-state index is 0.0219. The molecule has 0 spiro atoms. The summed E-state index contributed by atoms with van der Waals surface area (Å²) in [4.78, 5) is 24.1. The molecule has 0 saturated carbocycles. The summed E-state index contributed by atoms with van der Waals surface area (Å²) >= 11 is 19.9. The van der Waals surface area contributed by atoms with E-state index in [0.717, 1.165) is 14.9 Å². The summed E-state index contributed by atoms with van der Waals surface area (Å²) in [5, 5.41) is 11.1. The molecule has 1 fully saturated rings.